The van der Waals surface area contributed by atoms with Gasteiger partial charge >= 0.3 is 0 Å². The smallest absolute Gasteiger partial charge is 0.273 e. The van der Waals surface area contributed by atoms with Crippen LogP contribution < -0.4 is 10.6 Å². The number of para-hydroxylation sites is 1. The average Bonchev–Trinajstić information content (AvgIpc) is 3.13. The van der Waals surface area contributed by atoms with Crippen LogP contribution in [0, 0.1) is 5.82 Å². The number of halogens is 1. The number of carbonyl (C=O) groups is 2. The maximum absolute atomic E-state index is 13.5. The van der Waals surface area contributed by atoms with Crippen LogP contribution in [-0.4, -0.2) is 22.0 Å². The summed E-state index contributed by atoms with van der Waals surface area (Å²) in [5.41, 5.74) is 1.84. The number of amides is 2. The number of hydrogen-bond donors (Lipinski definition) is 3. The maximum Gasteiger partial charge on any atom is 0.273 e. The molecule has 0 spiro atoms. The molecule has 2 aromatic carbocycles. The van der Waals surface area contributed by atoms with Gasteiger partial charge in [0.15, 0.2) is 0 Å². The van der Waals surface area contributed by atoms with Crippen molar-refractivity contribution >= 4 is 23.2 Å². The Morgan fingerprint density at radius 1 is 1.00 bits per heavy atom. The lowest BCUT2D eigenvalue weighted by Crippen LogP contribution is -2.15. The first kappa shape index (κ1) is 16.4. The summed E-state index contributed by atoms with van der Waals surface area (Å²) in [7, 11) is 0. The Balaban J connectivity index is 1.58. The monoisotopic (exact) mass is 338 g/mol. The molecule has 6 nitrogen and oxygen atoms in total. The van der Waals surface area contributed by atoms with Gasteiger partial charge in [-0.25, -0.2) is 4.39 Å². The van der Waals surface area contributed by atoms with Crippen LogP contribution in [0.4, 0.5) is 15.8 Å². The lowest BCUT2D eigenvalue weighted by Gasteiger charge is -2.07. The van der Waals surface area contributed by atoms with Crippen molar-refractivity contribution in [2.75, 3.05) is 10.6 Å². The molecule has 0 aliphatic carbocycles. The van der Waals surface area contributed by atoms with Gasteiger partial charge in [0.05, 0.1) is 12.1 Å². The Labute approximate surface area is 143 Å². The number of hydrogen-bond acceptors (Lipinski definition) is 3. The highest BCUT2D eigenvalue weighted by atomic mass is 19.1. The number of aromatic nitrogens is 2. The minimum Gasteiger partial charge on any atom is -0.323 e. The van der Waals surface area contributed by atoms with Crippen LogP contribution in [0.25, 0.3) is 0 Å². The number of aromatic amines is 1. The Morgan fingerprint density at radius 3 is 2.44 bits per heavy atom. The van der Waals surface area contributed by atoms with Gasteiger partial charge in [-0.1, -0.05) is 24.3 Å². The van der Waals surface area contributed by atoms with Crippen molar-refractivity contribution in [2.45, 2.75) is 6.42 Å². The highest BCUT2D eigenvalue weighted by Crippen LogP contribution is 2.14. The third kappa shape index (κ3) is 4.29. The van der Waals surface area contributed by atoms with Crippen molar-refractivity contribution in [3.63, 3.8) is 0 Å². The summed E-state index contributed by atoms with van der Waals surface area (Å²) >= 11 is 0. The van der Waals surface area contributed by atoms with Gasteiger partial charge in [0.25, 0.3) is 5.91 Å². The van der Waals surface area contributed by atoms with E-state index in [1.165, 1.54) is 18.3 Å². The van der Waals surface area contributed by atoms with Crippen LogP contribution in [0.1, 0.15) is 16.1 Å². The van der Waals surface area contributed by atoms with Gasteiger partial charge in [0.1, 0.15) is 11.5 Å². The van der Waals surface area contributed by atoms with Crippen molar-refractivity contribution < 1.29 is 14.0 Å². The molecular formula is C18H15FN4O2. The second-order valence-corrected chi connectivity index (χ2v) is 5.33. The zero-order valence-corrected chi connectivity index (χ0v) is 13.1. The first-order chi connectivity index (χ1) is 12.1. The second kappa shape index (κ2) is 7.39. The van der Waals surface area contributed by atoms with Crippen LogP contribution in [0.5, 0.6) is 0 Å². The van der Waals surface area contributed by atoms with Gasteiger partial charge in [0, 0.05) is 11.9 Å². The molecule has 2 amide bonds. The van der Waals surface area contributed by atoms with E-state index in [9.17, 15) is 14.0 Å². The van der Waals surface area contributed by atoms with Crippen molar-refractivity contribution in [1.29, 1.82) is 0 Å². The third-order valence-corrected chi connectivity index (χ3v) is 3.47. The zero-order chi connectivity index (χ0) is 17.6. The van der Waals surface area contributed by atoms with Gasteiger partial charge < -0.3 is 10.6 Å². The normalized spacial score (nSPS) is 10.3. The van der Waals surface area contributed by atoms with Crippen molar-refractivity contribution in [1.82, 2.24) is 10.2 Å². The molecule has 0 radical (unpaired) electrons. The highest BCUT2D eigenvalue weighted by Gasteiger charge is 2.09. The molecule has 0 saturated carbocycles. The first-order valence-electron chi connectivity index (χ1n) is 7.56. The number of anilines is 2. The van der Waals surface area contributed by atoms with Crippen LogP contribution in [0.3, 0.4) is 0 Å². The summed E-state index contributed by atoms with van der Waals surface area (Å²) in [6.07, 6.45) is 1.59. The number of rotatable bonds is 5. The third-order valence-electron chi connectivity index (χ3n) is 3.47. The number of nitrogens with one attached hydrogen (secondary N) is 3. The van der Waals surface area contributed by atoms with E-state index >= 15 is 0 Å². The van der Waals surface area contributed by atoms with Gasteiger partial charge in [-0.05, 0) is 35.9 Å². The fourth-order valence-electron chi connectivity index (χ4n) is 2.23. The quantitative estimate of drug-likeness (QED) is 0.668. The maximum atomic E-state index is 13.5. The van der Waals surface area contributed by atoms with Gasteiger partial charge in [-0.15, -0.1) is 0 Å². The Hall–Kier alpha value is -3.48. The van der Waals surface area contributed by atoms with Crippen LogP contribution in [0.15, 0.2) is 60.8 Å². The summed E-state index contributed by atoms with van der Waals surface area (Å²) in [5.74, 6) is -1.10. The first-order valence-corrected chi connectivity index (χ1v) is 7.56. The minimum absolute atomic E-state index is 0.100. The van der Waals surface area contributed by atoms with E-state index in [0.29, 0.717) is 11.4 Å². The number of H-pyrrole nitrogens is 1. The molecule has 3 aromatic rings. The van der Waals surface area contributed by atoms with Crippen molar-refractivity contribution in [3.05, 3.63) is 77.9 Å². The average molecular weight is 338 g/mol. The van der Waals surface area contributed by atoms with E-state index in [1.54, 1.807) is 42.5 Å². The van der Waals surface area contributed by atoms with Crippen LogP contribution in [0.2, 0.25) is 0 Å². The molecule has 0 aliphatic rings. The van der Waals surface area contributed by atoms with Gasteiger partial charge in [-0.2, -0.15) is 5.10 Å². The standard InChI is InChI=1S/C18H15FN4O2/c19-14-3-1-2-4-15(14)22-17(24)11-12-5-7-13(8-6-12)21-18(25)16-9-10-20-23-16/h1-10H,11H2,(H,20,23)(H,21,25)(H,22,24). The molecule has 0 unspecified atom stereocenters. The van der Waals surface area contributed by atoms with Gasteiger partial charge in [0.2, 0.25) is 5.91 Å². The number of carbonyl (C=O) groups excluding carboxylic acids is 2. The van der Waals surface area contributed by atoms with Crippen molar-refractivity contribution in [2.24, 2.45) is 0 Å². The molecule has 0 bridgehead atoms. The van der Waals surface area contributed by atoms with Crippen molar-refractivity contribution in [3.8, 4) is 0 Å². The second-order valence-electron chi connectivity index (χ2n) is 5.33. The predicted molar refractivity (Wildman–Crippen MR) is 91.7 cm³/mol. The molecule has 0 saturated heterocycles. The summed E-state index contributed by atoms with van der Waals surface area (Å²) in [5, 5.41) is 11.5. The zero-order valence-electron chi connectivity index (χ0n) is 13.1. The lowest BCUT2D eigenvalue weighted by molar-refractivity contribution is -0.115. The number of nitrogens with zero attached hydrogens (tertiary/aromatic N) is 1. The SMILES string of the molecule is O=C(Cc1ccc(NC(=O)c2ccn[nH]2)cc1)Nc1ccccc1F. The van der Waals surface area contributed by atoms with E-state index in [0.717, 1.165) is 5.56 Å². The fraction of sp³-hybridized carbons (Fsp3) is 0.0556. The Bertz CT molecular complexity index is 876. The summed E-state index contributed by atoms with van der Waals surface area (Å²) in [6, 6.07) is 14.4. The number of benzene rings is 2. The Kier molecular flexibility index (Phi) is 4.84. The molecule has 3 N–H and O–H groups in total. The predicted octanol–water partition coefficient (Wildman–Crippen LogP) is 2.98. The molecule has 25 heavy (non-hydrogen) atoms. The van der Waals surface area contributed by atoms with E-state index in [1.807, 2.05) is 0 Å². The topological polar surface area (TPSA) is 86.9 Å². The Morgan fingerprint density at radius 2 is 1.76 bits per heavy atom. The fourth-order valence-corrected chi connectivity index (χ4v) is 2.23. The summed E-state index contributed by atoms with van der Waals surface area (Å²) in [4.78, 5) is 23.9. The molecule has 7 heteroatoms. The van der Waals surface area contributed by atoms with E-state index in [4.69, 9.17) is 0 Å². The van der Waals surface area contributed by atoms with E-state index < -0.39 is 5.82 Å². The molecule has 0 aliphatic heterocycles. The van der Waals surface area contributed by atoms with Crippen LogP contribution in [-0.2, 0) is 11.2 Å². The molecule has 126 valence electrons. The minimum atomic E-state index is -0.479. The van der Waals surface area contributed by atoms with Crippen LogP contribution >= 0.6 is 0 Å². The van der Waals surface area contributed by atoms with Gasteiger partial charge in [-0.3, -0.25) is 14.7 Å². The highest BCUT2D eigenvalue weighted by molar-refractivity contribution is 6.02. The molecule has 1 heterocycles. The van der Waals surface area contributed by atoms with E-state index in [-0.39, 0.29) is 23.9 Å². The molecule has 3 rings (SSSR count). The van der Waals surface area contributed by atoms with E-state index in [2.05, 4.69) is 20.8 Å². The molecular weight excluding hydrogens is 323 g/mol. The lowest BCUT2D eigenvalue weighted by atomic mass is 10.1. The molecule has 1 aromatic heterocycles. The molecule has 0 atom stereocenters. The summed E-state index contributed by atoms with van der Waals surface area (Å²) < 4.78 is 13.5. The summed E-state index contributed by atoms with van der Waals surface area (Å²) in [6.45, 7) is 0. The largest absolute Gasteiger partial charge is 0.323 e. The molecule has 0 fully saturated rings.